The number of carbonyl (C=O) groups is 1. The van der Waals surface area contributed by atoms with Gasteiger partial charge in [-0.1, -0.05) is 12.1 Å². The summed E-state index contributed by atoms with van der Waals surface area (Å²) in [5.41, 5.74) is 3.31. The molecule has 0 saturated carbocycles. The molecule has 4 rings (SSSR count). The lowest BCUT2D eigenvalue weighted by Crippen LogP contribution is -2.48. The molecule has 1 amide bonds. The summed E-state index contributed by atoms with van der Waals surface area (Å²) in [5, 5.41) is 8.87. The molecule has 1 aliphatic heterocycles. The Morgan fingerprint density at radius 1 is 1.12 bits per heavy atom. The first kappa shape index (κ1) is 16.3. The van der Waals surface area contributed by atoms with E-state index in [1.54, 1.807) is 11.3 Å². The molecule has 0 N–H and O–H groups in total. The molecule has 2 aliphatic rings. The molecule has 25 heavy (non-hydrogen) atoms. The molecule has 128 valence electrons. The van der Waals surface area contributed by atoms with E-state index in [4.69, 9.17) is 5.26 Å². The van der Waals surface area contributed by atoms with Crippen LogP contribution in [0.1, 0.15) is 37.7 Å². The Kier molecular flexibility index (Phi) is 4.56. The minimum absolute atomic E-state index is 0.206. The first-order chi connectivity index (χ1) is 12.2. The van der Waals surface area contributed by atoms with Gasteiger partial charge in [-0.15, -0.1) is 11.3 Å². The van der Waals surface area contributed by atoms with Crippen molar-refractivity contribution in [3.05, 3.63) is 56.8 Å². The van der Waals surface area contributed by atoms with Crippen molar-refractivity contribution in [1.29, 1.82) is 5.26 Å². The lowest BCUT2D eigenvalue weighted by atomic mass is 10.1. The van der Waals surface area contributed by atoms with Gasteiger partial charge in [-0.3, -0.25) is 9.69 Å². The van der Waals surface area contributed by atoms with E-state index in [1.165, 1.54) is 22.4 Å². The normalized spacial score (nSPS) is 17.3. The van der Waals surface area contributed by atoms with Gasteiger partial charge in [0.1, 0.15) is 0 Å². The highest BCUT2D eigenvalue weighted by Gasteiger charge is 2.25. The predicted molar refractivity (Wildman–Crippen MR) is 98.7 cm³/mol. The van der Waals surface area contributed by atoms with Crippen molar-refractivity contribution in [2.45, 2.75) is 25.8 Å². The van der Waals surface area contributed by atoms with Crippen molar-refractivity contribution in [2.75, 3.05) is 26.2 Å². The van der Waals surface area contributed by atoms with Gasteiger partial charge >= 0.3 is 0 Å². The van der Waals surface area contributed by atoms with Crippen LogP contribution in [0.15, 0.2) is 30.3 Å². The van der Waals surface area contributed by atoms with Crippen molar-refractivity contribution in [2.24, 2.45) is 0 Å². The molecule has 1 saturated heterocycles. The number of thiophene rings is 1. The lowest BCUT2D eigenvalue weighted by molar-refractivity contribution is 0.0633. The van der Waals surface area contributed by atoms with Gasteiger partial charge in [0.15, 0.2) is 0 Å². The third kappa shape index (κ3) is 3.46. The summed E-state index contributed by atoms with van der Waals surface area (Å²) in [6.07, 6.45) is 3.52. The van der Waals surface area contributed by atoms with Gasteiger partial charge in [-0.25, -0.2) is 0 Å². The highest BCUT2D eigenvalue weighted by molar-refractivity contribution is 7.14. The average Bonchev–Trinajstić information content (AvgIpc) is 3.24. The zero-order chi connectivity index (χ0) is 17.2. The molecule has 5 heteroatoms. The number of hydrogen-bond acceptors (Lipinski definition) is 4. The van der Waals surface area contributed by atoms with Crippen LogP contribution in [-0.2, 0) is 19.4 Å². The zero-order valence-corrected chi connectivity index (χ0v) is 15.0. The molecule has 0 atom stereocenters. The number of piperazine rings is 1. The number of nitriles is 1. The summed E-state index contributed by atoms with van der Waals surface area (Å²) in [7, 11) is 0. The number of hydrogen-bond donors (Lipinski definition) is 0. The molecule has 0 spiro atoms. The second-order valence-electron chi connectivity index (χ2n) is 6.79. The van der Waals surface area contributed by atoms with Gasteiger partial charge in [-0.2, -0.15) is 5.26 Å². The van der Waals surface area contributed by atoms with E-state index in [9.17, 15) is 4.79 Å². The number of amides is 1. The van der Waals surface area contributed by atoms with Crippen molar-refractivity contribution in [1.82, 2.24) is 9.80 Å². The van der Waals surface area contributed by atoms with E-state index in [0.29, 0.717) is 5.56 Å². The van der Waals surface area contributed by atoms with Gasteiger partial charge in [0, 0.05) is 37.6 Å². The molecule has 2 aromatic rings. The van der Waals surface area contributed by atoms with E-state index in [2.05, 4.69) is 17.0 Å². The largest absolute Gasteiger partial charge is 0.335 e. The zero-order valence-electron chi connectivity index (χ0n) is 14.2. The molecular weight excluding hydrogens is 330 g/mol. The average molecular weight is 351 g/mol. The number of aryl methyl sites for hydroxylation is 2. The SMILES string of the molecule is N#Cc1ccc(CN2CCN(C(=O)c3cc4c(s3)CCC4)CC2)cc1. The van der Waals surface area contributed by atoms with Gasteiger partial charge in [0.05, 0.1) is 16.5 Å². The molecule has 0 bridgehead atoms. The van der Waals surface area contributed by atoms with Gasteiger partial charge < -0.3 is 4.90 Å². The van der Waals surface area contributed by atoms with Crippen LogP contribution in [0.5, 0.6) is 0 Å². The quantitative estimate of drug-likeness (QED) is 0.854. The topological polar surface area (TPSA) is 47.3 Å². The van der Waals surface area contributed by atoms with Crippen molar-refractivity contribution < 1.29 is 4.79 Å². The van der Waals surface area contributed by atoms with Crippen LogP contribution in [-0.4, -0.2) is 41.9 Å². The van der Waals surface area contributed by atoms with Gasteiger partial charge in [0.25, 0.3) is 5.91 Å². The lowest BCUT2D eigenvalue weighted by Gasteiger charge is -2.34. The summed E-state index contributed by atoms with van der Waals surface area (Å²) in [5.74, 6) is 0.206. The van der Waals surface area contributed by atoms with E-state index in [-0.39, 0.29) is 5.91 Å². The van der Waals surface area contributed by atoms with Crippen LogP contribution in [0.2, 0.25) is 0 Å². The van der Waals surface area contributed by atoms with E-state index >= 15 is 0 Å². The maximum Gasteiger partial charge on any atom is 0.264 e. The standard InChI is InChI=1S/C20H21N3OS/c21-13-15-4-6-16(7-5-15)14-22-8-10-23(11-9-22)20(24)19-12-17-2-1-3-18(17)25-19/h4-7,12H,1-3,8-11,14H2. The van der Waals surface area contributed by atoms with Crippen LogP contribution in [0.25, 0.3) is 0 Å². The van der Waals surface area contributed by atoms with Gasteiger partial charge in [0.2, 0.25) is 0 Å². The second kappa shape index (κ2) is 6.99. The van der Waals surface area contributed by atoms with Crippen LogP contribution in [0, 0.1) is 11.3 Å². The van der Waals surface area contributed by atoms with Crippen LogP contribution < -0.4 is 0 Å². The Morgan fingerprint density at radius 2 is 1.88 bits per heavy atom. The molecule has 0 radical (unpaired) electrons. The van der Waals surface area contributed by atoms with E-state index in [0.717, 1.165) is 50.4 Å². The number of benzene rings is 1. The Labute approximate surface area is 152 Å². The fourth-order valence-corrected chi connectivity index (χ4v) is 4.86. The monoisotopic (exact) mass is 351 g/mol. The van der Waals surface area contributed by atoms with Crippen molar-refractivity contribution in [3.63, 3.8) is 0 Å². The Bertz CT molecular complexity index is 789. The van der Waals surface area contributed by atoms with Crippen LogP contribution in [0.3, 0.4) is 0 Å². The summed E-state index contributed by atoms with van der Waals surface area (Å²) in [4.78, 5) is 19.4. The summed E-state index contributed by atoms with van der Waals surface area (Å²) in [6.45, 7) is 4.25. The maximum absolute atomic E-state index is 12.7. The number of carbonyl (C=O) groups excluding carboxylic acids is 1. The second-order valence-corrected chi connectivity index (χ2v) is 7.93. The third-order valence-corrected chi connectivity index (χ3v) is 6.33. The Balaban J connectivity index is 1.32. The first-order valence-electron chi connectivity index (χ1n) is 8.85. The highest BCUT2D eigenvalue weighted by Crippen LogP contribution is 2.31. The minimum Gasteiger partial charge on any atom is -0.335 e. The smallest absolute Gasteiger partial charge is 0.264 e. The maximum atomic E-state index is 12.7. The Hall–Kier alpha value is -2.16. The molecule has 1 aromatic heterocycles. The number of fused-ring (bicyclic) bond motifs is 1. The van der Waals surface area contributed by atoms with Crippen LogP contribution >= 0.6 is 11.3 Å². The fraction of sp³-hybridized carbons (Fsp3) is 0.400. The van der Waals surface area contributed by atoms with Gasteiger partial charge in [-0.05, 0) is 48.6 Å². The number of rotatable bonds is 3. The first-order valence-corrected chi connectivity index (χ1v) is 9.67. The summed E-state index contributed by atoms with van der Waals surface area (Å²) in [6, 6.07) is 12.0. The molecule has 4 nitrogen and oxygen atoms in total. The van der Waals surface area contributed by atoms with E-state index < -0.39 is 0 Å². The third-order valence-electron chi connectivity index (χ3n) is 5.11. The van der Waals surface area contributed by atoms with Crippen molar-refractivity contribution in [3.8, 4) is 6.07 Å². The predicted octanol–water partition coefficient (Wildman–Crippen LogP) is 3.07. The summed E-state index contributed by atoms with van der Waals surface area (Å²) < 4.78 is 0. The number of nitrogens with zero attached hydrogens (tertiary/aromatic N) is 3. The fourth-order valence-electron chi connectivity index (χ4n) is 3.64. The molecule has 0 unspecified atom stereocenters. The minimum atomic E-state index is 0.206. The van der Waals surface area contributed by atoms with Crippen molar-refractivity contribution >= 4 is 17.2 Å². The molecular formula is C20H21N3OS. The molecule has 1 aromatic carbocycles. The molecule has 1 aliphatic carbocycles. The van der Waals surface area contributed by atoms with E-state index in [1.807, 2.05) is 29.2 Å². The highest BCUT2D eigenvalue weighted by atomic mass is 32.1. The summed E-state index contributed by atoms with van der Waals surface area (Å²) >= 11 is 1.70. The Morgan fingerprint density at radius 3 is 2.56 bits per heavy atom. The van der Waals surface area contributed by atoms with Crippen LogP contribution in [0.4, 0.5) is 0 Å². The molecule has 2 heterocycles. The molecule has 1 fully saturated rings.